The van der Waals surface area contributed by atoms with Crippen LogP contribution in [-0.4, -0.2) is 9.55 Å². The Morgan fingerprint density at radius 3 is 2.79 bits per heavy atom. The molecule has 0 radical (unpaired) electrons. The SMILES string of the molecule is CC(N)c1nc2cccc(F)c2n1C. The molecule has 0 amide bonds. The van der Waals surface area contributed by atoms with Gasteiger partial charge in [0.25, 0.3) is 0 Å². The van der Waals surface area contributed by atoms with Gasteiger partial charge in [-0.3, -0.25) is 0 Å². The molecule has 4 heteroatoms. The molecule has 1 unspecified atom stereocenters. The van der Waals surface area contributed by atoms with Crippen LogP contribution in [0.5, 0.6) is 0 Å². The highest BCUT2D eigenvalue weighted by Gasteiger charge is 2.13. The zero-order chi connectivity index (χ0) is 10.3. The number of halogens is 1. The molecule has 14 heavy (non-hydrogen) atoms. The zero-order valence-electron chi connectivity index (χ0n) is 8.16. The van der Waals surface area contributed by atoms with Crippen LogP contribution in [0.2, 0.25) is 0 Å². The molecule has 0 saturated carbocycles. The van der Waals surface area contributed by atoms with E-state index < -0.39 is 0 Å². The van der Waals surface area contributed by atoms with Gasteiger partial charge in [-0.05, 0) is 19.1 Å². The third-order valence-electron chi connectivity index (χ3n) is 2.29. The Morgan fingerprint density at radius 2 is 2.21 bits per heavy atom. The topological polar surface area (TPSA) is 43.8 Å². The first-order valence-corrected chi connectivity index (χ1v) is 4.47. The molecule has 1 aromatic carbocycles. The van der Waals surface area contributed by atoms with Crippen LogP contribution in [0.15, 0.2) is 18.2 Å². The molecule has 74 valence electrons. The fourth-order valence-corrected chi connectivity index (χ4v) is 1.65. The van der Waals surface area contributed by atoms with Gasteiger partial charge in [0.15, 0.2) is 0 Å². The van der Waals surface area contributed by atoms with Gasteiger partial charge in [0, 0.05) is 7.05 Å². The summed E-state index contributed by atoms with van der Waals surface area (Å²) >= 11 is 0. The summed E-state index contributed by atoms with van der Waals surface area (Å²) < 4.78 is 15.1. The monoisotopic (exact) mass is 193 g/mol. The number of imidazole rings is 1. The number of aryl methyl sites for hydroxylation is 1. The van der Waals surface area contributed by atoms with Gasteiger partial charge >= 0.3 is 0 Å². The van der Waals surface area contributed by atoms with E-state index in [1.807, 2.05) is 6.92 Å². The molecule has 0 fully saturated rings. The third kappa shape index (κ3) is 1.19. The van der Waals surface area contributed by atoms with E-state index >= 15 is 0 Å². The number of hydrogen-bond donors (Lipinski definition) is 1. The summed E-state index contributed by atoms with van der Waals surface area (Å²) in [4.78, 5) is 4.27. The van der Waals surface area contributed by atoms with Crippen LogP contribution in [0.1, 0.15) is 18.8 Å². The van der Waals surface area contributed by atoms with Gasteiger partial charge < -0.3 is 10.3 Å². The Balaban J connectivity index is 2.81. The van der Waals surface area contributed by atoms with Crippen LogP contribution < -0.4 is 5.73 Å². The van der Waals surface area contributed by atoms with Crippen molar-refractivity contribution in [2.45, 2.75) is 13.0 Å². The van der Waals surface area contributed by atoms with Crippen LogP contribution in [0.3, 0.4) is 0 Å². The van der Waals surface area contributed by atoms with Crippen LogP contribution in [0.25, 0.3) is 11.0 Å². The predicted molar refractivity (Wildman–Crippen MR) is 53.3 cm³/mol. The second-order valence-corrected chi connectivity index (χ2v) is 3.43. The third-order valence-corrected chi connectivity index (χ3v) is 2.29. The van der Waals surface area contributed by atoms with Gasteiger partial charge in [-0.25, -0.2) is 9.37 Å². The Morgan fingerprint density at radius 1 is 1.50 bits per heavy atom. The molecule has 1 aromatic heterocycles. The zero-order valence-corrected chi connectivity index (χ0v) is 8.16. The van der Waals surface area contributed by atoms with E-state index in [1.54, 1.807) is 23.7 Å². The lowest BCUT2D eigenvalue weighted by atomic mass is 10.3. The molecular formula is C10H12FN3. The van der Waals surface area contributed by atoms with Crippen molar-refractivity contribution in [3.63, 3.8) is 0 Å². The summed E-state index contributed by atoms with van der Waals surface area (Å²) in [6.45, 7) is 1.83. The first-order valence-electron chi connectivity index (χ1n) is 4.47. The summed E-state index contributed by atoms with van der Waals surface area (Å²) in [5.41, 5.74) is 6.89. The standard InChI is InChI=1S/C10H12FN3/c1-6(12)10-13-8-5-3-4-7(11)9(8)14(10)2/h3-6H,12H2,1-2H3. The average molecular weight is 193 g/mol. The van der Waals surface area contributed by atoms with Gasteiger partial charge in [0.05, 0.1) is 11.6 Å². The van der Waals surface area contributed by atoms with Crippen molar-refractivity contribution in [3.05, 3.63) is 29.8 Å². The Kier molecular flexibility index (Phi) is 2.00. The van der Waals surface area contributed by atoms with E-state index in [0.717, 1.165) is 0 Å². The van der Waals surface area contributed by atoms with Crippen LogP contribution in [0, 0.1) is 5.82 Å². The van der Waals surface area contributed by atoms with E-state index in [0.29, 0.717) is 16.9 Å². The lowest BCUT2D eigenvalue weighted by molar-refractivity contribution is 0.625. The summed E-state index contributed by atoms with van der Waals surface area (Å²) in [6.07, 6.45) is 0. The summed E-state index contributed by atoms with van der Waals surface area (Å²) in [6, 6.07) is 4.67. The number of benzene rings is 1. The van der Waals surface area contributed by atoms with E-state index in [1.165, 1.54) is 6.07 Å². The molecule has 0 aliphatic heterocycles. The molecule has 0 aliphatic rings. The first-order chi connectivity index (χ1) is 6.61. The van der Waals surface area contributed by atoms with Gasteiger partial charge in [-0.15, -0.1) is 0 Å². The second kappa shape index (κ2) is 3.06. The van der Waals surface area contributed by atoms with Gasteiger partial charge in [-0.1, -0.05) is 6.07 Å². The molecule has 1 heterocycles. The van der Waals surface area contributed by atoms with Crippen molar-refractivity contribution < 1.29 is 4.39 Å². The van der Waals surface area contributed by atoms with Crippen LogP contribution in [-0.2, 0) is 7.05 Å². The van der Waals surface area contributed by atoms with E-state index in [-0.39, 0.29) is 11.9 Å². The predicted octanol–water partition coefficient (Wildman–Crippen LogP) is 1.73. The summed E-state index contributed by atoms with van der Waals surface area (Å²) in [5.74, 6) is 0.439. The number of nitrogens with two attached hydrogens (primary N) is 1. The number of fused-ring (bicyclic) bond motifs is 1. The smallest absolute Gasteiger partial charge is 0.149 e. The molecule has 0 aliphatic carbocycles. The van der Waals surface area contributed by atoms with Crippen molar-refractivity contribution in [2.75, 3.05) is 0 Å². The highest BCUT2D eigenvalue weighted by Crippen LogP contribution is 2.20. The molecule has 3 nitrogen and oxygen atoms in total. The quantitative estimate of drug-likeness (QED) is 0.749. The average Bonchev–Trinajstić information content (AvgIpc) is 2.45. The minimum atomic E-state index is -0.260. The summed E-state index contributed by atoms with van der Waals surface area (Å²) in [5, 5.41) is 0. The van der Waals surface area contributed by atoms with Crippen molar-refractivity contribution >= 4 is 11.0 Å². The summed E-state index contributed by atoms with van der Waals surface area (Å²) in [7, 11) is 1.77. The van der Waals surface area contributed by atoms with Gasteiger partial charge in [0.1, 0.15) is 17.2 Å². The molecule has 0 bridgehead atoms. The molecular weight excluding hydrogens is 181 g/mol. The Bertz CT molecular complexity index is 473. The second-order valence-electron chi connectivity index (χ2n) is 3.43. The van der Waals surface area contributed by atoms with E-state index in [2.05, 4.69) is 4.98 Å². The molecule has 1 atom stereocenters. The van der Waals surface area contributed by atoms with Crippen molar-refractivity contribution in [1.82, 2.24) is 9.55 Å². The lowest BCUT2D eigenvalue weighted by Crippen LogP contribution is -2.11. The number of hydrogen-bond acceptors (Lipinski definition) is 2. The van der Waals surface area contributed by atoms with Crippen LogP contribution >= 0.6 is 0 Å². The number of para-hydroxylation sites is 1. The maximum absolute atomic E-state index is 13.4. The van der Waals surface area contributed by atoms with E-state index in [9.17, 15) is 4.39 Å². The molecule has 0 spiro atoms. The van der Waals surface area contributed by atoms with Gasteiger partial charge in [-0.2, -0.15) is 0 Å². The van der Waals surface area contributed by atoms with Crippen molar-refractivity contribution in [1.29, 1.82) is 0 Å². The highest BCUT2D eigenvalue weighted by molar-refractivity contribution is 5.76. The number of aromatic nitrogens is 2. The Labute approximate surface area is 81.4 Å². The van der Waals surface area contributed by atoms with Crippen LogP contribution in [0.4, 0.5) is 4.39 Å². The first kappa shape index (κ1) is 9.15. The van der Waals surface area contributed by atoms with Gasteiger partial charge in [0.2, 0.25) is 0 Å². The van der Waals surface area contributed by atoms with Crippen molar-refractivity contribution in [3.8, 4) is 0 Å². The molecule has 0 saturated heterocycles. The molecule has 2 N–H and O–H groups in total. The maximum Gasteiger partial charge on any atom is 0.149 e. The molecule has 2 rings (SSSR count). The highest BCUT2D eigenvalue weighted by atomic mass is 19.1. The lowest BCUT2D eigenvalue weighted by Gasteiger charge is -2.04. The maximum atomic E-state index is 13.4. The van der Waals surface area contributed by atoms with E-state index in [4.69, 9.17) is 5.73 Å². The fourth-order valence-electron chi connectivity index (χ4n) is 1.65. The number of rotatable bonds is 1. The minimum absolute atomic E-state index is 0.188. The van der Waals surface area contributed by atoms with Crippen molar-refractivity contribution in [2.24, 2.45) is 12.8 Å². The minimum Gasteiger partial charge on any atom is -0.327 e. The number of nitrogens with zero attached hydrogens (tertiary/aromatic N) is 2. The largest absolute Gasteiger partial charge is 0.327 e. The Hall–Kier alpha value is -1.42. The fraction of sp³-hybridized carbons (Fsp3) is 0.300. The molecule has 2 aromatic rings. The normalized spacial score (nSPS) is 13.4.